The standard InChI is InChI=1S/C20H29N3O5/c1-5-13(23-9-6-7-10-23)12-28-18-15(22-20(24)21-2)16(25-3)14-8-11-27-17(14)19(18)26-4/h8,11,13H,5-7,9-10,12H2,1-4H3,(H2,21,22,24). The average Bonchev–Trinajstić information content (AvgIpc) is 3.40. The van der Waals surface area contributed by atoms with E-state index in [1.165, 1.54) is 12.8 Å². The molecule has 28 heavy (non-hydrogen) atoms. The molecule has 154 valence electrons. The number of hydrogen-bond acceptors (Lipinski definition) is 6. The van der Waals surface area contributed by atoms with Crippen LogP contribution in [0.25, 0.3) is 11.0 Å². The summed E-state index contributed by atoms with van der Waals surface area (Å²) in [5, 5.41) is 6.07. The second-order valence-corrected chi connectivity index (χ2v) is 6.75. The Labute approximate surface area is 165 Å². The Balaban J connectivity index is 2.01. The number of furan rings is 1. The lowest BCUT2D eigenvalue weighted by molar-refractivity contribution is 0.153. The third-order valence-electron chi connectivity index (χ3n) is 5.20. The fraction of sp³-hybridized carbons (Fsp3) is 0.550. The molecule has 1 saturated heterocycles. The largest absolute Gasteiger partial charge is 0.494 e. The molecule has 1 aromatic heterocycles. The van der Waals surface area contributed by atoms with Gasteiger partial charge >= 0.3 is 6.03 Å². The van der Waals surface area contributed by atoms with Gasteiger partial charge in [0.25, 0.3) is 0 Å². The van der Waals surface area contributed by atoms with Gasteiger partial charge in [0.2, 0.25) is 5.75 Å². The van der Waals surface area contributed by atoms with Gasteiger partial charge in [-0.1, -0.05) is 6.92 Å². The Kier molecular flexibility index (Phi) is 6.51. The Morgan fingerprint density at radius 2 is 1.93 bits per heavy atom. The van der Waals surface area contributed by atoms with E-state index in [9.17, 15) is 4.79 Å². The number of methoxy groups -OCH3 is 2. The summed E-state index contributed by atoms with van der Waals surface area (Å²) in [6, 6.07) is 1.69. The molecular formula is C20H29N3O5. The molecule has 1 atom stereocenters. The highest BCUT2D eigenvalue weighted by Gasteiger charge is 2.28. The van der Waals surface area contributed by atoms with Gasteiger partial charge in [0.1, 0.15) is 12.3 Å². The lowest BCUT2D eigenvalue weighted by Crippen LogP contribution is -2.37. The van der Waals surface area contributed by atoms with Crippen LogP contribution in [0.2, 0.25) is 0 Å². The summed E-state index contributed by atoms with van der Waals surface area (Å²) >= 11 is 0. The predicted molar refractivity (Wildman–Crippen MR) is 108 cm³/mol. The molecule has 8 heteroatoms. The molecule has 8 nitrogen and oxygen atoms in total. The number of benzene rings is 1. The van der Waals surface area contributed by atoms with E-state index in [1.807, 2.05) is 0 Å². The molecule has 1 aromatic carbocycles. The van der Waals surface area contributed by atoms with E-state index in [-0.39, 0.29) is 6.03 Å². The summed E-state index contributed by atoms with van der Waals surface area (Å²) in [6.07, 6.45) is 4.97. The van der Waals surface area contributed by atoms with E-state index < -0.39 is 0 Å². The molecule has 0 spiro atoms. The second kappa shape index (κ2) is 9.05. The van der Waals surface area contributed by atoms with Gasteiger partial charge in [-0.3, -0.25) is 4.90 Å². The summed E-state index contributed by atoms with van der Waals surface area (Å²) in [4.78, 5) is 14.5. The van der Waals surface area contributed by atoms with E-state index in [0.29, 0.717) is 46.6 Å². The minimum Gasteiger partial charge on any atom is -0.494 e. The number of nitrogens with zero attached hydrogens (tertiary/aromatic N) is 1. The van der Waals surface area contributed by atoms with Crippen LogP contribution >= 0.6 is 0 Å². The molecule has 0 aliphatic carbocycles. The van der Waals surface area contributed by atoms with E-state index in [0.717, 1.165) is 19.5 Å². The van der Waals surface area contributed by atoms with E-state index in [4.69, 9.17) is 18.6 Å². The van der Waals surface area contributed by atoms with Gasteiger partial charge in [-0.25, -0.2) is 4.79 Å². The maximum Gasteiger partial charge on any atom is 0.319 e. The summed E-state index contributed by atoms with van der Waals surface area (Å²) in [5.41, 5.74) is 0.940. The van der Waals surface area contributed by atoms with Crippen molar-refractivity contribution in [2.45, 2.75) is 32.2 Å². The lowest BCUT2D eigenvalue weighted by Gasteiger charge is -2.27. The molecule has 2 heterocycles. The van der Waals surface area contributed by atoms with Crippen molar-refractivity contribution in [1.29, 1.82) is 0 Å². The molecule has 1 aliphatic rings. The number of likely N-dealkylation sites (tertiary alicyclic amines) is 1. The first kappa shape index (κ1) is 20.1. The zero-order valence-corrected chi connectivity index (χ0v) is 17.0. The van der Waals surface area contributed by atoms with E-state index in [1.54, 1.807) is 33.6 Å². The Hall–Kier alpha value is -2.61. The summed E-state index contributed by atoms with van der Waals surface area (Å²) in [5.74, 6) is 1.31. The van der Waals surface area contributed by atoms with Crippen molar-refractivity contribution < 1.29 is 23.4 Å². The molecule has 1 aliphatic heterocycles. The number of rotatable bonds is 8. The van der Waals surface area contributed by atoms with Crippen LogP contribution in [0.3, 0.4) is 0 Å². The van der Waals surface area contributed by atoms with Crippen molar-refractivity contribution in [1.82, 2.24) is 10.2 Å². The third kappa shape index (κ3) is 3.82. The zero-order valence-electron chi connectivity index (χ0n) is 17.0. The second-order valence-electron chi connectivity index (χ2n) is 6.75. The number of anilines is 1. The first-order valence-electron chi connectivity index (χ1n) is 9.65. The van der Waals surface area contributed by atoms with Gasteiger partial charge in [0.05, 0.1) is 25.9 Å². The van der Waals surface area contributed by atoms with Crippen LogP contribution in [0.5, 0.6) is 17.2 Å². The van der Waals surface area contributed by atoms with Crippen molar-refractivity contribution in [3.05, 3.63) is 12.3 Å². The van der Waals surface area contributed by atoms with Crippen LogP contribution < -0.4 is 24.8 Å². The van der Waals surface area contributed by atoms with Gasteiger partial charge in [-0.05, 0) is 38.4 Å². The number of carbonyl (C=O) groups is 1. The van der Waals surface area contributed by atoms with Crippen molar-refractivity contribution in [2.75, 3.05) is 46.3 Å². The normalized spacial score (nSPS) is 15.4. The van der Waals surface area contributed by atoms with Gasteiger partial charge < -0.3 is 29.3 Å². The highest BCUT2D eigenvalue weighted by atomic mass is 16.5. The fourth-order valence-electron chi connectivity index (χ4n) is 3.71. The molecule has 3 rings (SSSR count). The van der Waals surface area contributed by atoms with Crippen LogP contribution in [-0.4, -0.2) is 57.9 Å². The number of amides is 2. The van der Waals surface area contributed by atoms with Gasteiger partial charge in [-0.2, -0.15) is 0 Å². The fourth-order valence-corrected chi connectivity index (χ4v) is 3.71. The molecule has 2 N–H and O–H groups in total. The molecular weight excluding hydrogens is 362 g/mol. The third-order valence-corrected chi connectivity index (χ3v) is 5.20. The Morgan fingerprint density at radius 3 is 2.54 bits per heavy atom. The van der Waals surface area contributed by atoms with Gasteiger partial charge in [0, 0.05) is 13.1 Å². The topological polar surface area (TPSA) is 85.2 Å². The van der Waals surface area contributed by atoms with Crippen LogP contribution in [0, 0.1) is 0 Å². The maximum atomic E-state index is 12.1. The van der Waals surface area contributed by atoms with Crippen molar-refractivity contribution in [2.24, 2.45) is 0 Å². The van der Waals surface area contributed by atoms with Crippen LogP contribution in [0.15, 0.2) is 16.7 Å². The summed E-state index contributed by atoms with van der Waals surface area (Å²) in [7, 11) is 4.65. The lowest BCUT2D eigenvalue weighted by atomic mass is 10.1. The number of fused-ring (bicyclic) bond motifs is 1. The van der Waals surface area contributed by atoms with Gasteiger partial charge in [-0.15, -0.1) is 0 Å². The van der Waals surface area contributed by atoms with Crippen LogP contribution in [-0.2, 0) is 0 Å². The highest BCUT2D eigenvalue weighted by molar-refractivity contribution is 6.03. The average molecular weight is 391 g/mol. The summed E-state index contributed by atoms with van der Waals surface area (Å²) in [6.45, 7) is 4.81. The van der Waals surface area contributed by atoms with Crippen molar-refractivity contribution >= 4 is 22.7 Å². The molecule has 0 bridgehead atoms. The molecule has 0 radical (unpaired) electrons. The SMILES string of the molecule is CCC(COc1c(NC(=O)NC)c(OC)c2ccoc2c1OC)N1CCCC1. The number of hydrogen-bond donors (Lipinski definition) is 2. The molecule has 0 saturated carbocycles. The number of carbonyl (C=O) groups excluding carboxylic acids is 1. The maximum absolute atomic E-state index is 12.1. The Bertz CT molecular complexity index is 814. The molecule has 1 unspecified atom stereocenters. The quantitative estimate of drug-likeness (QED) is 0.717. The van der Waals surface area contributed by atoms with Crippen molar-refractivity contribution in [3.63, 3.8) is 0 Å². The zero-order chi connectivity index (χ0) is 20.1. The van der Waals surface area contributed by atoms with Crippen LogP contribution in [0.1, 0.15) is 26.2 Å². The summed E-state index contributed by atoms with van der Waals surface area (Å²) < 4.78 is 23.1. The Morgan fingerprint density at radius 1 is 1.21 bits per heavy atom. The van der Waals surface area contributed by atoms with Crippen LogP contribution in [0.4, 0.5) is 10.5 Å². The molecule has 1 fully saturated rings. The molecule has 2 amide bonds. The minimum atomic E-state index is -0.375. The van der Waals surface area contributed by atoms with E-state index >= 15 is 0 Å². The minimum absolute atomic E-state index is 0.290. The van der Waals surface area contributed by atoms with E-state index in [2.05, 4.69) is 22.5 Å². The molecule has 2 aromatic rings. The smallest absolute Gasteiger partial charge is 0.319 e. The monoisotopic (exact) mass is 391 g/mol. The predicted octanol–water partition coefficient (Wildman–Crippen LogP) is 3.45. The van der Waals surface area contributed by atoms with Crippen molar-refractivity contribution in [3.8, 4) is 17.2 Å². The highest BCUT2D eigenvalue weighted by Crippen LogP contribution is 2.50. The number of ether oxygens (including phenoxy) is 3. The number of nitrogens with one attached hydrogen (secondary N) is 2. The first-order valence-corrected chi connectivity index (χ1v) is 9.65. The number of urea groups is 1. The van der Waals surface area contributed by atoms with Gasteiger partial charge in [0.15, 0.2) is 17.1 Å². The first-order chi connectivity index (χ1) is 13.6.